The first-order valence-corrected chi connectivity index (χ1v) is 19.4. The summed E-state index contributed by atoms with van der Waals surface area (Å²) >= 11 is 3.12. The molecule has 0 aliphatic heterocycles. The van der Waals surface area contributed by atoms with E-state index in [0.29, 0.717) is 5.65 Å². The van der Waals surface area contributed by atoms with Crippen LogP contribution in [0.5, 0.6) is 0 Å². The van der Waals surface area contributed by atoms with E-state index >= 15 is 0 Å². The van der Waals surface area contributed by atoms with Gasteiger partial charge in [0, 0.05) is 40.6 Å². The lowest BCUT2D eigenvalue weighted by molar-refractivity contribution is 1.22. The van der Waals surface area contributed by atoms with Gasteiger partial charge in [0.05, 0.1) is 6.20 Å². The molecular formula is C46H27N7S2. The topological polar surface area (TPSA) is 80.6 Å². The monoisotopic (exact) mass is 741 g/mol. The molecule has 0 saturated heterocycles. The molecule has 0 radical (unpaired) electrons. The molecule has 7 nitrogen and oxygen atoms in total. The summed E-state index contributed by atoms with van der Waals surface area (Å²) in [6.45, 7) is 0. The number of fused-ring (bicyclic) bond motifs is 6. The fourth-order valence-electron chi connectivity index (χ4n) is 7.31. The Morgan fingerprint density at radius 1 is 0.436 bits per heavy atom. The summed E-state index contributed by atoms with van der Waals surface area (Å²) in [5, 5.41) is 9.15. The van der Waals surface area contributed by atoms with Gasteiger partial charge in [0.2, 0.25) is 0 Å². The third-order valence-electron chi connectivity index (χ3n) is 10.0. The lowest BCUT2D eigenvalue weighted by Gasteiger charge is -2.26. The molecule has 0 amide bonds. The van der Waals surface area contributed by atoms with Gasteiger partial charge in [0.1, 0.15) is 26.7 Å². The van der Waals surface area contributed by atoms with Crippen LogP contribution in [0, 0.1) is 0 Å². The minimum atomic E-state index is 0.669. The van der Waals surface area contributed by atoms with Crippen molar-refractivity contribution in [2.45, 2.75) is 0 Å². The zero-order chi connectivity index (χ0) is 36.3. The SMILES string of the molecule is c1ccc2cc(-c3ccc4c(ccc5cc(N(c6ccc(-c7nc8cncnc8s7)cc6)c6ccc(-c7nc8nccnc8s7)cc6)ccc54)c3)ccc2c1. The lowest BCUT2D eigenvalue weighted by atomic mass is 9.96. The van der Waals surface area contributed by atoms with Gasteiger partial charge < -0.3 is 4.90 Å². The minimum Gasteiger partial charge on any atom is -0.310 e. The van der Waals surface area contributed by atoms with Crippen LogP contribution >= 0.6 is 22.7 Å². The summed E-state index contributed by atoms with van der Waals surface area (Å²) in [5.41, 5.74) is 9.09. The normalized spacial score (nSPS) is 11.6. The maximum Gasteiger partial charge on any atom is 0.190 e. The molecule has 11 rings (SSSR count). The molecule has 7 aromatic carbocycles. The van der Waals surface area contributed by atoms with E-state index in [1.165, 1.54) is 43.4 Å². The lowest BCUT2D eigenvalue weighted by Crippen LogP contribution is -2.09. The van der Waals surface area contributed by atoms with Crippen molar-refractivity contribution in [2.24, 2.45) is 0 Å². The first-order chi connectivity index (χ1) is 27.2. The maximum absolute atomic E-state index is 4.79. The second kappa shape index (κ2) is 12.9. The number of hydrogen-bond donors (Lipinski definition) is 0. The summed E-state index contributed by atoms with van der Waals surface area (Å²) in [7, 11) is 0. The van der Waals surface area contributed by atoms with Crippen molar-refractivity contribution in [1.82, 2.24) is 29.9 Å². The van der Waals surface area contributed by atoms with Gasteiger partial charge in [-0.15, -0.1) is 0 Å². The number of anilines is 3. The molecule has 258 valence electrons. The quantitative estimate of drug-likeness (QED) is 0.157. The highest BCUT2D eigenvalue weighted by molar-refractivity contribution is 7.21. The van der Waals surface area contributed by atoms with E-state index in [0.717, 1.165) is 53.4 Å². The highest BCUT2D eigenvalue weighted by Gasteiger charge is 2.17. The average molecular weight is 742 g/mol. The molecule has 0 unspecified atom stereocenters. The van der Waals surface area contributed by atoms with Crippen LogP contribution in [0.3, 0.4) is 0 Å². The van der Waals surface area contributed by atoms with Crippen LogP contribution in [-0.2, 0) is 0 Å². The second-order valence-electron chi connectivity index (χ2n) is 13.3. The number of benzene rings is 7. The fraction of sp³-hybridized carbons (Fsp3) is 0. The van der Waals surface area contributed by atoms with Crippen molar-refractivity contribution >= 4 is 92.9 Å². The van der Waals surface area contributed by atoms with Crippen LogP contribution < -0.4 is 4.90 Å². The van der Waals surface area contributed by atoms with Crippen LogP contribution in [0.4, 0.5) is 17.1 Å². The van der Waals surface area contributed by atoms with E-state index in [1.807, 2.05) is 0 Å². The highest BCUT2D eigenvalue weighted by Crippen LogP contribution is 2.40. The molecule has 0 saturated carbocycles. The Balaban J connectivity index is 0.984. The average Bonchev–Trinajstić information content (AvgIpc) is 3.89. The van der Waals surface area contributed by atoms with Crippen molar-refractivity contribution in [3.05, 3.63) is 164 Å². The van der Waals surface area contributed by atoms with Gasteiger partial charge >= 0.3 is 0 Å². The zero-order valence-electron chi connectivity index (χ0n) is 29.0. The minimum absolute atomic E-state index is 0.669. The standard InChI is InChI=1S/C46H27N7S2/c1-2-4-31-23-32(6-5-28(31)3-1)33-13-19-39-34(24-33)7-8-35-25-38(18-20-40(35)39)53(36-14-9-29(10-15-36)43-51-41-26-47-27-50-45(41)54-43)37-16-11-30(12-17-37)44-52-42-46(55-44)49-22-21-48-42/h1-27H. The predicted octanol–water partition coefficient (Wildman–Crippen LogP) is 12.4. The molecule has 0 N–H and O–H groups in total. The molecule has 9 heteroatoms. The summed E-state index contributed by atoms with van der Waals surface area (Å²) in [6, 6.07) is 50.4. The van der Waals surface area contributed by atoms with Crippen LogP contribution in [0.2, 0.25) is 0 Å². The number of thiazole rings is 2. The Morgan fingerprint density at radius 3 is 1.76 bits per heavy atom. The van der Waals surface area contributed by atoms with Crippen LogP contribution in [0.15, 0.2) is 164 Å². The molecule has 0 aliphatic carbocycles. The van der Waals surface area contributed by atoms with Crippen LogP contribution in [0.1, 0.15) is 0 Å². The van der Waals surface area contributed by atoms with E-state index < -0.39 is 0 Å². The van der Waals surface area contributed by atoms with Crippen LogP contribution in [0.25, 0.3) is 85.4 Å². The summed E-state index contributed by atoms with van der Waals surface area (Å²) in [5.74, 6) is 0. The van der Waals surface area contributed by atoms with E-state index in [9.17, 15) is 0 Å². The molecule has 0 fully saturated rings. The van der Waals surface area contributed by atoms with E-state index in [4.69, 9.17) is 9.97 Å². The fourth-order valence-corrected chi connectivity index (χ4v) is 9.07. The molecule has 0 bridgehead atoms. The number of aromatic nitrogens is 6. The van der Waals surface area contributed by atoms with E-state index in [1.54, 1.807) is 47.6 Å². The van der Waals surface area contributed by atoms with Crippen molar-refractivity contribution < 1.29 is 0 Å². The van der Waals surface area contributed by atoms with Crippen molar-refractivity contribution in [3.8, 4) is 32.3 Å². The Hall–Kier alpha value is -6.94. The summed E-state index contributed by atoms with van der Waals surface area (Å²) in [4.78, 5) is 30.9. The largest absolute Gasteiger partial charge is 0.310 e. The smallest absolute Gasteiger partial charge is 0.190 e. The van der Waals surface area contributed by atoms with Gasteiger partial charge in [-0.05, 0) is 116 Å². The van der Waals surface area contributed by atoms with Crippen molar-refractivity contribution in [3.63, 3.8) is 0 Å². The number of hydrogen-bond acceptors (Lipinski definition) is 9. The molecule has 0 atom stereocenters. The molecule has 0 spiro atoms. The Labute approximate surface area is 322 Å². The first-order valence-electron chi connectivity index (χ1n) is 17.8. The maximum atomic E-state index is 4.79. The third kappa shape index (κ3) is 5.65. The zero-order valence-corrected chi connectivity index (χ0v) is 30.7. The highest BCUT2D eigenvalue weighted by atomic mass is 32.1. The second-order valence-corrected chi connectivity index (χ2v) is 15.3. The molecular weight excluding hydrogens is 715 g/mol. The van der Waals surface area contributed by atoms with Gasteiger partial charge in [-0.25, -0.2) is 29.9 Å². The number of nitrogens with zero attached hydrogens (tertiary/aromatic N) is 7. The van der Waals surface area contributed by atoms with Gasteiger partial charge in [-0.3, -0.25) is 0 Å². The Kier molecular flexibility index (Phi) is 7.39. The molecule has 4 heterocycles. The van der Waals surface area contributed by atoms with E-state index in [-0.39, 0.29) is 0 Å². The third-order valence-corrected chi connectivity index (χ3v) is 12.1. The predicted molar refractivity (Wildman–Crippen MR) is 227 cm³/mol. The number of rotatable bonds is 6. The van der Waals surface area contributed by atoms with Crippen molar-refractivity contribution in [2.75, 3.05) is 4.90 Å². The van der Waals surface area contributed by atoms with Gasteiger partial charge in [0.15, 0.2) is 10.5 Å². The molecule has 55 heavy (non-hydrogen) atoms. The van der Waals surface area contributed by atoms with Gasteiger partial charge in [0.25, 0.3) is 0 Å². The molecule has 11 aromatic rings. The Bertz CT molecular complexity index is 3040. The van der Waals surface area contributed by atoms with Crippen molar-refractivity contribution in [1.29, 1.82) is 0 Å². The van der Waals surface area contributed by atoms with Gasteiger partial charge in [-0.1, -0.05) is 89.4 Å². The summed E-state index contributed by atoms with van der Waals surface area (Å²) in [6.07, 6.45) is 6.71. The van der Waals surface area contributed by atoms with Crippen LogP contribution in [-0.4, -0.2) is 29.9 Å². The Morgan fingerprint density at radius 2 is 1.02 bits per heavy atom. The summed E-state index contributed by atoms with van der Waals surface area (Å²) < 4.78 is 0. The molecule has 4 aromatic heterocycles. The first kappa shape index (κ1) is 31.6. The molecule has 0 aliphatic rings. The van der Waals surface area contributed by atoms with E-state index in [2.05, 4.69) is 164 Å². The van der Waals surface area contributed by atoms with Gasteiger partial charge in [-0.2, -0.15) is 0 Å².